The van der Waals surface area contributed by atoms with E-state index in [1.54, 1.807) is 12.1 Å². The molecule has 2 atom stereocenters. The topological polar surface area (TPSA) is 134 Å². The third-order valence-corrected chi connectivity index (χ3v) is 4.61. The molecule has 2 aromatic rings. The molecule has 4 N–H and O–H groups in total. The molecular weight excluding hydrogens is 420 g/mol. The Morgan fingerprint density at radius 1 is 1.13 bits per heavy atom. The molecule has 2 rings (SSSR count). The first-order valence-corrected chi connectivity index (χ1v) is 9.94. The highest BCUT2D eigenvalue weighted by Gasteiger charge is 2.25. The summed E-state index contributed by atoms with van der Waals surface area (Å²) in [5, 5.41) is 14.6. The number of halogens is 1. The van der Waals surface area contributed by atoms with Gasteiger partial charge in [0, 0.05) is 11.6 Å². The molecule has 3 amide bonds. The SMILES string of the molecule is CC(NC(=O)C(CCc1ccccc1)OC(N)=O)C(=O)NCc1cc(Cl)cc(C#N)c1. The highest BCUT2D eigenvalue weighted by molar-refractivity contribution is 6.30. The van der Waals surface area contributed by atoms with Gasteiger partial charge in [-0.15, -0.1) is 0 Å². The van der Waals surface area contributed by atoms with E-state index < -0.39 is 30.1 Å². The fourth-order valence-corrected chi connectivity index (χ4v) is 3.12. The van der Waals surface area contributed by atoms with Gasteiger partial charge in [0.1, 0.15) is 6.04 Å². The summed E-state index contributed by atoms with van der Waals surface area (Å²) in [4.78, 5) is 36.1. The lowest BCUT2D eigenvalue weighted by Crippen LogP contribution is -2.49. The third-order valence-electron chi connectivity index (χ3n) is 4.39. The summed E-state index contributed by atoms with van der Waals surface area (Å²) in [5.74, 6) is -1.07. The maximum atomic E-state index is 12.5. The van der Waals surface area contributed by atoms with Crippen molar-refractivity contribution in [3.8, 4) is 6.07 Å². The predicted molar refractivity (Wildman–Crippen MR) is 115 cm³/mol. The number of primary amides is 1. The zero-order valence-electron chi connectivity index (χ0n) is 16.9. The fourth-order valence-electron chi connectivity index (χ4n) is 2.86. The monoisotopic (exact) mass is 442 g/mol. The molecule has 0 spiro atoms. The Morgan fingerprint density at radius 2 is 1.84 bits per heavy atom. The number of ether oxygens (including phenoxy) is 1. The van der Waals surface area contributed by atoms with Crippen LogP contribution in [0.25, 0.3) is 0 Å². The Morgan fingerprint density at radius 3 is 2.48 bits per heavy atom. The van der Waals surface area contributed by atoms with Gasteiger partial charge in [0.05, 0.1) is 11.6 Å². The van der Waals surface area contributed by atoms with Crippen LogP contribution in [0.3, 0.4) is 0 Å². The van der Waals surface area contributed by atoms with Crippen molar-refractivity contribution < 1.29 is 19.1 Å². The zero-order valence-corrected chi connectivity index (χ0v) is 17.7. The van der Waals surface area contributed by atoms with E-state index in [4.69, 9.17) is 27.3 Å². The van der Waals surface area contributed by atoms with Crippen LogP contribution in [0, 0.1) is 11.3 Å². The fraction of sp³-hybridized carbons (Fsp3) is 0.273. The zero-order chi connectivity index (χ0) is 22.8. The molecule has 2 aromatic carbocycles. The number of benzene rings is 2. The second-order valence-electron chi connectivity index (χ2n) is 6.86. The Balaban J connectivity index is 1.92. The second kappa shape index (κ2) is 11.6. The van der Waals surface area contributed by atoms with Gasteiger partial charge < -0.3 is 21.1 Å². The van der Waals surface area contributed by atoms with E-state index in [1.807, 2.05) is 36.4 Å². The average molecular weight is 443 g/mol. The van der Waals surface area contributed by atoms with Gasteiger partial charge >= 0.3 is 6.09 Å². The molecule has 0 aliphatic rings. The van der Waals surface area contributed by atoms with Gasteiger partial charge in [-0.25, -0.2) is 4.79 Å². The molecule has 2 unspecified atom stereocenters. The van der Waals surface area contributed by atoms with Crippen LogP contribution >= 0.6 is 11.6 Å². The third kappa shape index (κ3) is 7.99. The minimum atomic E-state index is -1.13. The number of nitrogens with zero attached hydrogens (tertiary/aromatic N) is 1. The van der Waals surface area contributed by atoms with Gasteiger partial charge in [-0.05, 0) is 49.1 Å². The van der Waals surface area contributed by atoms with Gasteiger partial charge in [-0.3, -0.25) is 9.59 Å². The Bertz CT molecular complexity index is 975. The first-order valence-electron chi connectivity index (χ1n) is 9.56. The predicted octanol–water partition coefficient (Wildman–Crippen LogP) is 2.43. The van der Waals surface area contributed by atoms with Crippen molar-refractivity contribution in [1.29, 1.82) is 5.26 Å². The van der Waals surface area contributed by atoms with Crippen molar-refractivity contribution >= 4 is 29.5 Å². The van der Waals surface area contributed by atoms with E-state index in [9.17, 15) is 14.4 Å². The summed E-state index contributed by atoms with van der Waals surface area (Å²) in [6, 6.07) is 15.2. The maximum absolute atomic E-state index is 12.5. The second-order valence-corrected chi connectivity index (χ2v) is 7.29. The molecule has 0 aromatic heterocycles. The number of carbonyl (C=O) groups is 3. The number of nitrogens with one attached hydrogen (secondary N) is 2. The van der Waals surface area contributed by atoms with Crippen molar-refractivity contribution in [2.45, 2.75) is 38.5 Å². The summed E-state index contributed by atoms with van der Waals surface area (Å²) in [7, 11) is 0. The lowest BCUT2D eigenvalue weighted by atomic mass is 10.1. The standard InChI is InChI=1S/C22H23ClN4O4/c1-14(20(28)26-13-17-9-16(12-24)10-18(23)11-17)27-21(29)19(31-22(25)30)8-7-15-5-3-2-4-6-15/h2-6,9-11,14,19H,7-8,13H2,1H3,(H2,25,30)(H,26,28)(H,27,29). The summed E-state index contributed by atoms with van der Waals surface area (Å²) in [5.41, 5.74) is 7.08. The van der Waals surface area contributed by atoms with Crippen LogP contribution in [0.15, 0.2) is 48.5 Å². The van der Waals surface area contributed by atoms with Crippen molar-refractivity contribution in [2.75, 3.05) is 0 Å². The van der Waals surface area contributed by atoms with Gasteiger partial charge in [-0.1, -0.05) is 41.9 Å². The van der Waals surface area contributed by atoms with E-state index in [0.717, 1.165) is 5.56 Å². The quantitative estimate of drug-likeness (QED) is 0.548. The highest BCUT2D eigenvalue weighted by Crippen LogP contribution is 2.14. The maximum Gasteiger partial charge on any atom is 0.405 e. The molecule has 0 bridgehead atoms. The van der Waals surface area contributed by atoms with Crippen molar-refractivity contribution in [2.24, 2.45) is 5.73 Å². The lowest BCUT2D eigenvalue weighted by molar-refractivity contribution is -0.134. The molecule has 9 heteroatoms. The molecule has 0 aliphatic heterocycles. The van der Waals surface area contributed by atoms with Gasteiger partial charge in [0.15, 0.2) is 6.10 Å². The molecule has 8 nitrogen and oxygen atoms in total. The van der Waals surface area contributed by atoms with Crippen LogP contribution in [-0.2, 0) is 27.3 Å². The number of nitriles is 1. The first-order chi connectivity index (χ1) is 14.8. The lowest BCUT2D eigenvalue weighted by Gasteiger charge is -2.20. The normalized spacial score (nSPS) is 12.2. The summed E-state index contributed by atoms with van der Waals surface area (Å²) >= 11 is 5.95. The van der Waals surface area contributed by atoms with E-state index >= 15 is 0 Å². The summed E-state index contributed by atoms with van der Waals surface area (Å²) in [6.07, 6.45) is -1.49. The van der Waals surface area contributed by atoms with Crippen LogP contribution in [0.1, 0.15) is 30.0 Å². The van der Waals surface area contributed by atoms with Crippen molar-refractivity contribution in [1.82, 2.24) is 10.6 Å². The highest BCUT2D eigenvalue weighted by atomic mass is 35.5. The smallest absolute Gasteiger partial charge is 0.405 e. The van der Waals surface area contributed by atoms with Crippen LogP contribution in [0.5, 0.6) is 0 Å². The average Bonchev–Trinajstić information content (AvgIpc) is 2.74. The Kier molecular flexibility index (Phi) is 8.85. The molecular formula is C22H23ClN4O4. The number of hydrogen-bond donors (Lipinski definition) is 3. The first kappa shape index (κ1) is 23.7. The number of aryl methyl sites for hydroxylation is 1. The van der Waals surface area contributed by atoms with Crippen LogP contribution in [0.4, 0.5) is 4.79 Å². The molecule has 0 saturated heterocycles. The molecule has 0 radical (unpaired) electrons. The van der Waals surface area contributed by atoms with E-state index in [2.05, 4.69) is 10.6 Å². The van der Waals surface area contributed by atoms with Crippen molar-refractivity contribution in [3.05, 3.63) is 70.2 Å². The molecule has 162 valence electrons. The Labute approximate surface area is 185 Å². The molecule has 31 heavy (non-hydrogen) atoms. The summed E-state index contributed by atoms with van der Waals surface area (Å²) < 4.78 is 4.93. The van der Waals surface area contributed by atoms with Crippen LogP contribution in [0.2, 0.25) is 5.02 Å². The molecule has 0 heterocycles. The molecule has 0 saturated carbocycles. The number of carbonyl (C=O) groups excluding carboxylic acids is 3. The van der Waals surface area contributed by atoms with E-state index in [1.165, 1.54) is 13.0 Å². The van der Waals surface area contributed by atoms with Gasteiger partial charge in [-0.2, -0.15) is 5.26 Å². The van der Waals surface area contributed by atoms with Crippen molar-refractivity contribution in [3.63, 3.8) is 0 Å². The van der Waals surface area contributed by atoms with Gasteiger partial charge in [0.25, 0.3) is 5.91 Å². The minimum Gasteiger partial charge on any atom is -0.436 e. The van der Waals surface area contributed by atoms with Crippen LogP contribution < -0.4 is 16.4 Å². The van der Waals surface area contributed by atoms with E-state index in [0.29, 0.717) is 22.6 Å². The number of rotatable bonds is 9. The number of nitrogens with two attached hydrogens (primary N) is 1. The Hall–Kier alpha value is -3.57. The minimum absolute atomic E-state index is 0.128. The molecule has 0 aliphatic carbocycles. The largest absolute Gasteiger partial charge is 0.436 e. The number of amides is 3. The van der Waals surface area contributed by atoms with Crippen LogP contribution in [-0.4, -0.2) is 30.1 Å². The van der Waals surface area contributed by atoms with Gasteiger partial charge in [0.2, 0.25) is 5.91 Å². The number of hydrogen-bond acceptors (Lipinski definition) is 5. The molecule has 0 fully saturated rings. The summed E-state index contributed by atoms with van der Waals surface area (Å²) in [6.45, 7) is 1.63. The van der Waals surface area contributed by atoms with E-state index in [-0.39, 0.29) is 13.0 Å².